The number of hydrogen-bond acceptors (Lipinski definition) is 5. The number of ether oxygens (including phenoxy) is 1. The van der Waals surface area contributed by atoms with Crippen molar-refractivity contribution in [2.24, 2.45) is 0 Å². The second-order valence-electron chi connectivity index (χ2n) is 6.39. The quantitative estimate of drug-likeness (QED) is 0.713. The molecule has 1 aliphatic rings. The van der Waals surface area contributed by atoms with Crippen molar-refractivity contribution >= 4 is 34.1 Å². The van der Waals surface area contributed by atoms with Gasteiger partial charge in [0.05, 0.1) is 24.3 Å². The molecule has 0 aliphatic carbocycles. The zero-order valence-corrected chi connectivity index (χ0v) is 15.1. The Hall–Kier alpha value is -3.12. The lowest BCUT2D eigenvalue weighted by Gasteiger charge is -2.28. The Morgan fingerprint density at radius 2 is 1.78 bits per heavy atom. The molecule has 138 valence electrons. The van der Waals surface area contributed by atoms with Crippen molar-refractivity contribution < 1.29 is 13.9 Å². The van der Waals surface area contributed by atoms with Crippen molar-refractivity contribution in [3.05, 3.63) is 64.8 Å². The average molecular weight is 364 g/mol. The van der Waals surface area contributed by atoms with Crippen molar-refractivity contribution in [1.29, 1.82) is 0 Å². The van der Waals surface area contributed by atoms with Gasteiger partial charge in [0, 0.05) is 31.8 Å². The van der Waals surface area contributed by atoms with Gasteiger partial charge < -0.3 is 14.1 Å². The highest BCUT2D eigenvalue weighted by Gasteiger charge is 2.21. The number of benzene rings is 2. The predicted molar refractivity (Wildman–Crippen MR) is 105 cm³/mol. The molecular weight excluding hydrogens is 344 g/mol. The maximum absolute atomic E-state index is 12.7. The van der Waals surface area contributed by atoms with E-state index in [2.05, 4.69) is 0 Å². The predicted octanol–water partition coefficient (Wildman–Crippen LogP) is 3.31. The van der Waals surface area contributed by atoms with Crippen molar-refractivity contribution in [3.8, 4) is 0 Å². The summed E-state index contributed by atoms with van der Waals surface area (Å²) in [5, 5.41) is 0.451. The van der Waals surface area contributed by atoms with E-state index in [9.17, 15) is 9.59 Å². The third-order valence-corrected chi connectivity index (χ3v) is 4.61. The molecule has 0 bridgehead atoms. The SMILES string of the molecule is CC(=O)N(c1ccccc1)c1cccc2c(=O)cc(N3CCOCC3)oc12. The van der Waals surface area contributed by atoms with Crippen molar-refractivity contribution in [2.75, 3.05) is 36.1 Å². The highest BCUT2D eigenvalue weighted by Crippen LogP contribution is 2.33. The highest BCUT2D eigenvalue weighted by molar-refractivity contribution is 6.05. The number of rotatable bonds is 3. The first-order chi connectivity index (χ1) is 13.1. The summed E-state index contributed by atoms with van der Waals surface area (Å²) in [7, 11) is 0. The average Bonchev–Trinajstić information content (AvgIpc) is 2.70. The van der Waals surface area contributed by atoms with E-state index >= 15 is 0 Å². The number of para-hydroxylation sites is 2. The number of fused-ring (bicyclic) bond motifs is 1. The van der Waals surface area contributed by atoms with E-state index in [-0.39, 0.29) is 11.3 Å². The van der Waals surface area contributed by atoms with Crippen LogP contribution in [0, 0.1) is 0 Å². The van der Waals surface area contributed by atoms with E-state index in [0.29, 0.717) is 48.8 Å². The monoisotopic (exact) mass is 364 g/mol. The van der Waals surface area contributed by atoms with Crippen LogP contribution >= 0.6 is 0 Å². The number of morpholine rings is 1. The highest BCUT2D eigenvalue weighted by atomic mass is 16.5. The summed E-state index contributed by atoms with van der Waals surface area (Å²) < 4.78 is 11.5. The molecule has 6 heteroatoms. The fourth-order valence-electron chi connectivity index (χ4n) is 3.33. The van der Waals surface area contributed by atoms with E-state index in [1.807, 2.05) is 35.2 Å². The Labute approximate surface area is 156 Å². The normalized spacial score (nSPS) is 14.3. The molecule has 6 nitrogen and oxygen atoms in total. The number of anilines is 3. The van der Waals surface area contributed by atoms with Gasteiger partial charge in [0.1, 0.15) is 0 Å². The van der Waals surface area contributed by atoms with Gasteiger partial charge in [0.15, 0.2) is 16.9 Å². The number of amides is 1. The molecule has 27 heavy (non-hydrogen) atoms. The fraction of sp³-hybridized carbons (Fsp3) is 0.238. The first-order valence-corrected chi connectivity index (χ1v) is 8.90. The van der Waals surface area contributed by atoms with Gasteiger partial charge in [-0.2, -0.15) is 0 Å². The van der Waals surface area contributed by atoms with Crippen LogP contribution < -0.4 is 15.2 Å². The van der Waals surface area contributed by atoms with E-state index in [1.54, 1.807) is 23.1 Å². The number of carbonyl (C=O) groups is 1. The van der Waals surface area contributed by atoms with Gasteiger partial charge in [0.25, 0.3) is 0 Å². The lowest BCUT2D eigenvalue weighted by Crippen LogP contribution is -2.36. The Morgan fingerprint density at radius 3 is 2.48 bits per heavy atom. The van der Waals surface area contributed by atoms with E-state index in [4.69, 9.17) is 9.15 Å². The molecule has 2 aromatic carbocycles. The lowest BCUT2D eigenvalue weighted by atomic mass is 10.1. The number of hydrogen-bond donors (Lipinski definition) is 0. The summed E-state index contributed by atoms with van der Waals surface area (Å²) in [6.45, 7) is 3.99. The molecule has 0 N–H and O–H groups in total. The largest absolute Gasteiger partial charge is 0.438 e. The summed E-state index contributed by atoms with van der Waals surface area (Å²) in [4.78, 5) is 28.7. The second-order valence-corrected chi connectivity index (χ2v) is 6.39. The first kappa shape index (κ1) is 17.3. The van der Waals surface area contributed by atoms with Crippen LogP contribution in [0.5, 0.6) is 0 Å². The van der Waals surface area contributed by atoms with Gasteiger partial charge in [-0.3, -0.25) is 14.5 Å². The van der Waals surface area contributed by atoms with Crippen LogP contribution in [0.2, 0.25) is 0 Å². The number of carbonyl (C=O) groups excluding carboxylic acids is 1. The molecule has 2 heterocycles. The van der Waals surface area contributed by atoms with Crippen LogP contribution in [0.15, 0.2) is 63.8 Å². The van der Waals surface area contributed by atoms with Gasteiger partial charge in [-0.1, -0.05) is 24.3 Å². The third kappa shape index (κ3) is 3.31. The molecule has 0 unspecified atom stereocenters. The molecule has 1 saturated heterocycles. The Balaban J connectivity index is 1.90. The Kier molecular flexibility index (Phi) is 4.64. The summed E-state index contributed by atoms with van der Waals surface area (Å²) >= 11 is 0. The minimum absolute atomic E-state index is 0.129. The van der Waals surface area contributed by atoms with Crippen LogP contribution in [-0.4, -0.2) is 32.2 Å². The summed E-state index contributed by atoms with van der Waals surface area (Å²) in [5.74, 6) is 0.341. The second kappa shape index (κ2) is 7.25. The minimum Gasteiger partial charge on any atom is -0.438 e. The Morgan fingerprint density at radius 1 is 1.04 bits per heavy atom. The molecule has 0 saturated carbocycles. The smallest absolute Gasteiger partial charge is 0.228 e. The number of nitrogens with zero attached hydrogens (tertiary/aromatic N) is 2. The van der Waals surface area contributed by atoms with Gasteiger partial charge in [-0.15, -0.1) is 0 Å². The molecule has 1 aliphatic heterocycles. The zero-order valence-electron chi connectivity index (χ0n) is 15.1. The van der Waals surface area contributed by atoms with Gasteiger partial charge in [0.2, 0.25) is 5.91 Å². The van der Waals surface area contributed by atoms with Gasteiger partial charge >= 0.3 is 0 Å². The molecular formula is C21H20N2O4. The molecule has 1 amide bonds. The van der Waals surface area contributed by atoms with Gasteiger partial charge in [-0.25, -0.2) is 0 Å². The summed E-state index contributed by atoms with van der Waals surface area (Å²) in [6, 6.07) is 16.1. The van der Waals surface area contributed by atoms with E-state index in [0.717, 1.165) is 5.69 Å². The van der Waals surface area contributed by atoms with Crippen LogP contribution in [0.1, 0.15) is 6.92 Å². The molecule has 0 radical (unpaired) electrons. The lowest BCUT2D eigenvalue weighted by molar-refractivity contribution is -0.115. The van der Waals surface area contributed by atoms with E-state index < -0.39 is 0 Å². The van der Waals surface area contributed by atoms with Crippen LogP contribution in [-0.2, 0) is 9.53 Å². The van der Waals surface area contributed by atoms with Crippen molar-refractivity contribution in [3.63, 3.8) is 0 Å². The molecule has 1 aromatic heterocycles. The van der Waals surface area contributed by atoms with E-state index in [1.165, 1.54) is 13.0 Å². The zero-order chi connectivity index (χ0) is 18.8. The molecule has 1 fully saturated rings. The molecule has 4 rings (SSSR count). The third-order valence-electron chi connectivity index (χ3n) is 4.61. The van der Waals surface area contributed by atoms with Crippen LogP contribution in [0.3, 0.4) is 0 Å². The molecule has 0 spiro atoms. The Bertz CT molecular complexity index is 1020. The molecule has 0 atom stereocenters. The van der Waals surface area contributed by atoms with Gasteiger partial charge in [-0.05, 0) is 24.3 Å². The first-order valence-electron chi connectivity index (χ1n) is 8.90. The summed E-state index contributed by atoms with van der Waals surface area (Å²) in [5.41, 5.74) is 1.55. The summed E-state index contributed by atoms with van der Waals surface area (Å²) in [6.07, 6.45) is 0. The van der Waals surface area contributed by atoms with Crippen molar-refractivity contribution in [1.82, 2.24) is 0 Å². The van der Waals surface area contributed by atoms with Crippen LogP contribution in [0.4, 0.5) is 17.3 Å². The van der Waals surface area contributed by atoms with Crippen molar-refractivity contribution in [2.45, 2.75) is 6.92 Å². The maximum atomic E-state index is 12.7. The fourth-order valence-corrected chi connectivity index (χ4v) is 3.33. The standard InChI is InChI=1S/C21H20N2O4/c1-15(24)23(16-6-3-2-4-7-16)18-9-5-8-17-19(25)14-20(27-21(17)18)22-10-12-26-13-11-22/h2-9,14H,10-13H2,1H3. The minimum atomic E-state index is -0.159. The van der Waals surface area contributed by atoms with Crippen LogP contribution in [0.25, 0.3) is 11.0 Å². The molecule has 3 aromatic rings. The maximum Gasteiger partial charge on any atom is 0.228 e. The topological polar surface area (TPSA) is 63.0 Å².